The third-order valence-corrected chi connectivity index (χ3v) is 9.49. The zero-order valence-electron chi connectivity index (χ0n) is 23.4. The van der Waals surface area contributed by atoms with Gasteiger partial charge in [0.15, 0.2) is 0 Å². The number of aromatic nitrogens is 2. The molecule has 2 aromatic heterocycles. The number of halogens is 1. The summed E-state index contributed by atoms with van der Waals surface area (Å²) in [7, 11) is 0. The summed E-state index contributed by atoms with van der Waals surface area (Å²) >= 11 is 9.06. The summed E-state index contributed by atoms with van der Waals surface area (Å²) in [6.45, 7) is 6.21. The number of ether oxygens (including phenoxy) is 1. The van der Waals surface area contributed by atoms with E-state index in [4.69, 9.17) is 31.4 Å². The molecule has 0 aliphatic carbocycles. The maximum absolute atomic E-state index is 10.4. The van der Waals surface area contributed by atoms with Crippen molar-refractivity contribution in [2.24, 2.45) is 5.41 Å². The lowest BCUT2D eigenvalue weighted by Crippen LogP contribution is -2.38. The Morgan fingerprint density at radius 2 is 1.67 bits per heavy atom. The molecule has 7 nitrogen and oxygen atoms in total. The first-order valence-corrected chi connectivity index (χ1v) is 15.9. The molecule has 42 heavy (non-hydrogen) atoms. The fourth-order valence-electron chi connectivity index (χ4n) is 4.83. The minimum atomic E-state index is -0.0833. The number of benzene rings is 2. The van der Waals surface area contributed by atoms with Gasteiger partial charge in [-0.1, -0.05) is 61.5 Å². The summed E-state index contributed by atoms with van der Waals surface area (Å²) in [5, 5.41) is 34.1. The molecule has 1 fully saturated rings. The van der Waals surface area contributed by atoms with Crippen LogP contribution in [0.3, 0.4) is 0 Å². The Morgan fingerprint density at radius 3 is 2.31 bits per heavy atom. The molecule has 0 spiro atoms. The summed E-state index contributed by atoms with van der Waals surface area (Å²) in [5.41, 5.74) is 4.20. The number of piperidine rings is 1. The molecule has 0 bridgehead atoms. The summed E-state index contributed by atoms with van der Waals surface area (Å²) in [4.78, 5) is 12.0. The minimum absolute atomic E-state index is 0.0833. The van der Waals surface area contributed by atoms with Crippen molar-refractivity contribution in [2.45, 2.75) is 37.5 Å². The molecule has 1 saturated heterocycles. The first-order chi connectivity index (χ1) is 20.3. The van der Waals surface area contributed by atoms with Gasteiger partial charge in [-0.2, -0.15) is 10.5 Å². The van der Waals surface area contributed by atoms with Gasteiger partial charge < -0.3 is 14.7 Å². The van der Waals surface area contributed by atoms with Gasteiger partial charge in [-0.25, -0.2) is 9.97 Å². The number of aliphatic hydroxyl groups is 1. The molecule has 0 amide bonds. The van der Waals surface area contributed by atoms with Gasteiger partial charge in [0.2, 0.25) is 0 Å². The predicted octanol–water partition coefficient (Wildman–Crippen LogP) is 7.56. The van der Waals surface area contributed by atoms with Crippen molar-refractivity contribution < 1.29 is 9.84 Å². The third-order valence-electron chi connectivity index (χ3n) is 7.29. The minimum Gasteiger partial charge on any atom is -0.491 e. The average molecular weight is 616 g/mol. The summed E-state index contributed by atoms with van der Waals surface area (Å²) < 4.78 is 5.53. The van der Waals surface area contributed by atoms with E-state index in [0.29, 0.717) is 44.1 Å². The van der Waals surface area contributed by atoms with Gasteiger partial charge in [0, 0.05) is 40.4 Å². The highest BCUT2D eigenvalue weighted by molar-refractivity contribution is 7.98. The van der Waals surface area contributed by atoms with Gasteiger partial charge in [-0.3, -0.25) is 0 Å². The fourth-order valence-corrected chi connectivity index (χ4v) is 6.76. The zero-order valence-corrected chi connectivity index (χ0v) is 25.8. The van der Waals surface area contributed by atoms with Crippen molar-refractivity contribution in [3.8, 4) is 39.6 Å². The van der Waals surface area contributed by atoms with E-state index >= 15 is 0 Å². The molecule has 10 heteroatoms. The van der Waals surface area contributed by atoms with Crippen LogP contribution in [0.2, 0.25) is 5.02 Å². The lowest BCUT2D eigenvalue weighted by molar-refractivity contribution is 0.201. The second-order valence-electron chi connectivity index (χ2n) is 10.8. The number of nitrogens with zero attached hydrogens (tertiary/aromatic N) is 5. The van der Waals surface area contributed by atoms with Crippen molar-refractivity contribution in [2.75, 3.05) is 31.2 Å². The summed E-state index contributed by atoms with van der Waals surface area (Å²) in [6.07, 6.45) is 1.97. The summed E-state index contributed by atoms with van der Waals surface area (Å²) in [6, 6.07) is 19.6. The van der Waals surface area contributed by atoms with E-state index in [0.717, 1.165) is 47.8 Å². The van der Waals surface area contributed by atoms with Crippen LogP contribution in [0, 0.1) is 28.1 Å². The van der Waals surface area contributed by atoms with Crippen LogP contribution < -0.4 is 9.64 Å². The topological polar surface area (TPSA) is 106 Å². The highest BCUT2D eigenvalue weighted by atomic mass is 35.5. The Labute approximate surface area is 259 Å². The maximum atomic E-state index is 10.4. The largest absolute Gasteiger partial charge is 0.491 e. The number of hydrogen-bond acceptors (Lipinski definition) is 9. The normalized spacial score (nSPS) is 14.3. The Bertz CT molecular complexity index is 1630. The van der Waals surface area contributed by atoms with Gasteiger partial charge in [0.05, 0.1) is 17.9 Å². The molecule has 2 aromatic carbocycles. The first kappa shape index (κ1) is 29.9. The molecule has 5 rings (SSSR count). The molecule has 0 atom stereocenters. The lowest BCUT2D eigenvalue weighted by atomic mass is 9.82. The Hall–Kier alpha value is -3.60. The van der Waals surface area contributed by atoms with Gasteiger partial charge in [-0.05, 0) is 48.1 Å². The standard InChI is InChI=1S/C32H30ClN5O2S2/c1-32(2)11-13-38(14-12-32)29-26(17-34)28(21-5-9-25(10-6-21)40-16-15-39)27(18-35)31(37-29)42-20-24-19-41-30(36-24)22-3-7-23(33)8-4-22/h3-10,19,39H,11-16,20H2,1-2H3. The molecular weight excluding hydrogens is 586 g/mol. The second kappa shape index (κ2) is 13.1. The SMILES string of the molecule is CC1(C)CCN(c2nc(SCc3csc(-c4ccc(Cl)cc4)n3)c(C#N)c(-c3ccc(OCCO)cc3)c2C#N)CC1. The number of aliphatic hydroxyl groups excluding tert-OH is 1. The van der Waals surface area contributed by atoms with E-state index in [1.54, 1.807) is 23.5 Å². The quantitative estimate of drug-likeness (QED) is 0.192. The van der Waals surface area contributed by atoms with Crippen molar-refractivity contribution in [1.82, 2.24) is 9.97 Å². The Kier molecular flexibility index (Phi) is 9.35. The average Bonchev–Trinajstić information content (AvgIpc) is 3.48. The number of pyridine rings is 1. The molecule has 214 valence electrons. The molecule has 0 saturated carbocycles. The number of anilines is 1. The molecular formula is C32H30ClN5O2S2. The van der Waals surface area contributed by atoms with Crippen LogP contribution in [0.1, 0.15) is 43.5 Å². The second-order valence-corrected chi connectivity index (χ2v) is 13.0. The van der Waals surface area contributed by atoms with Gasteiger partial charge in [0.1, 0.15) is 45.9 Å². The van der Waals surface area contributed by atoms with Crippen molar-refractivity contribution in [3.63, 3.8) is 0 Å². The van der Waals surface area contributed by atoms with E-state index < -0.39 is 0 Å². The van der Waals surface area contributed by atoms with E-state index in [1.165, 1.54) is 11.8 Å². The Morgan fingerprint density at radius 1 is 1.00 bits per heavy atom. The number of thiazole rings is 1. The maximum Gasteiger partial charge on any atom is 0.148 e. The predicted molar refractivity (Wildman–Crippen MR) is 169 cm³/mol. The van der Waals surface area contributed by atoms with Crippen LogP contribution in [0.25, 0.3) is 21.7 Å². The van der Waals surface area contributed by atoms with Crippen LogP contribution in [0.4, 0.5) is 5.82 Å². The van der Waals surface area contributed by atoms with Crippen molar-refractivity contribution in [3.05, 3.63) is 75.8 Å². The van der Waals surface area contributed by atoms with Gasteiger partial charge >= 0.3 is 0 Å². The third kappa shape index (κ3) is 6.72. The van der Waals surface area contributed by atoms with Gasteiger partial charge in [-0.15, -0.1) is 11.3 Å². The number of rotatable bonds is 9. The smallest absolute Gasteiger partial charge is 0.148 e. The number of hydrogen-bond donors (Lipinski definition) is 1. The molecule has 1 aliphatic heterocycles. The molecule has 3 heterocycles. The molecule has 0 unspecified atom stereocenters. The van der Waals surface area contributed by atoms with E-state index in [-0.39, 0.29) is 18.6 Å². The van der Waals surface area contributed by atoms with Crippen LogP contribution in [0.5, 0.6) is 5.75 Å². The first-order valence-electron chi connectivity index (χ1n) is 13.6. The molecule has 1 N–H and O–H groups in total. The number of nitriles is 2. The highest BCUT2D eigenvalue weighted by Crippen LogP contribution is 2.41. The van der Waals surface area contributed by atoms with E-state index in [2.05, 4.69) is 30.9 Å². The van der Waals surface area contributed by atoms with Crippen LogP contribution >= 0.6 is 34.7 Å². The van der Waals surface area contributed by atoms with Crippen LogP contribution in [-0.4, -0.2) is 41.4 Å². The van der Waals surface area contributed by atoms with Crippen LogP contribution in [-0.2, 0) is 5.75 Å². The zero-order chi connectivity index (χ0) is 29.7. The van der Waals surface area contributed by atoms with Crippen LogP contribution in [0.15, 0.2) is 58.9 Å². The number of thioether (sulfide) groups is 1. The van der Waals surface area contributed by atoms with Crippen molar-refractivity contribution >= 4 is 40.5 Å². The lowest BCUT2D eigenvalue weighted by Gasteiger charge is -2.38. The molecule has 1 aliphatic rings. The highest BCUT2D eigenvalue weighted by Gasteiger charge is 2.30. The molecule has 4 aromatic rings. The summed E-state index contributed by atoms with van der Waals surface area (Å²) in [5.74, 6) is 1.74. The monoisotopic (exact) mass is 615 g/mol. The fraction of sp³-hybridized carbons (Fsp3) is 0.312. The van der Waals surface area contributed by atoms with Gasteiger partial charge in [0.25, 0.3) is 0 Å². The van der Waals surface area contributed by atoms with Crippen molar-refractivity contribution in [1.29, 1.82) is 10.5 Å². The van der Waals surface area contributed by atoms with E-state index in [9.17, 15) is 10.5 Å². The molecule has 0 radical (unpaired) electrons. The van der Waals surface area contributed by atoms with E-state index in [1.807, 2.05) is 41.8 Å². The Balaban J connectivity index is 1.52.